The number of aromatic nitrogens is 2. The van der Waals surface area contributed by atoms with E-state index in [0.29, 0.717) is 51.6 Å². The van der Waals surface area contributed by atoms with Gasteiger partial charge in [0.25, 0.3) is 0 Å². The zero-order valence-corrected chi connectivity index (χ0v) is 19.0. The molecule has 0 radical (unpaired) electrons. The molecule has 1 saturated heterocycles. The van der Waals surface area contributed by atoms with Crippen molar-refractivity contribution in [3.05, 3.63) is 46.9 Å². The van der Waals surface area contributed by atoms with E-state index in [0.717, 1.165) is 19.6 Å². The number of methoxy groups -OCH3 is 1. The maximum absolute atomic E-state index is 14.3. The van der Waals surface area contributed by atoms with E-state index in [2.05, 4.69) is 43.0 Å². The Kier molecular flexibility index (Phi) is 6.84. The van der Waals surface area contributed by atoms with Gasteiger partial charge < -0.3 is 19.5 Å². The van der Waals surface area contributed by atoms with Gasteiger partial charge in [0.15, 0.2) is 11.5 Å². The molecular weight excluding hydrogens is 467 g/mol. The number of nitrogens with one attached hydrogen (secondary N) is 1. The molecule has 1 aliphatic heterocycles. The first-order chi connectivity index (χ1) is 15.1. The second-order valence-corrected chi connectivity index (χ2v) is 8.10. The molecule has 0 aliphatic carbocycles. The minimum Gasteiger partial charge on any atom is -0.493 e. The highest BCUT2D eigenvalue weighted by molar-refractivity contribution is 9.10. The Morgan fingerprint density at radius 1 is 1.26 bits per heavy atom. The first-order valence-corrected chi connectivity index (χ1v) is 10.9. The summed E-state index contributed by atoms with van der Waals surface area (Å²) in [6.07, 6.45) is 1.43. The van der Waals surface area contributed by atoms with Gasteiger partial charge >= 0.3 is 0 Å². The zero-order valence-electron chi connectivity index (χ0n) is 17.4. The lowest BCUT2D eigenvalue weighted by molar-refractivity contribution is -0.0466. The molecule has 1 aromatic heterocycles. The average Bonchev–Trinajstić information content (AvgIpc) is 2.79. The molecule has 2 heterocycles. The quantitative estimate of drug-likeness (QED) is 0.526. The molecular formula is C22H24BrFN4O3. The van der Waals surface area contributed by atoms with E-state index in [1.54, 1.807) is 31.4 Å². The van der Waals surface area contributed by atoms with Crippen molar-refractivity contribution in [1.82, 2.24) is 14.9 Å². The van der Waals surface area contributed by atoms with E-state index in [1.807, 2.05) is 0 Å². The lowest BCUT2D eigenvalue weighted by Crippen LogP contribution is -2.44. The van der Waals surface area contributed by atoms with Crippen molar-refractivity contribution in [2.24, 2.45) is 0 Å². The summed E-state index contributed by atoms with van der Waals surface area (Å²) in [6.45, 7) is 6.02. The van der Waals surface area contributed by atoms with Crippen molar-refractivity contribution >= 4 is 38.3 Å². The maximum Gasteiger partial charge on any atom is 0.163 e. The maximum atomic E-state index is 14.3. The van der Waals surface area contributed by atoms with Crippen molar-refractivity contribution < 1.29 is 18.6 Å². The van der Waals surface area contributed by atoms with Crippen LogP contribution in [0.2, 0.25) is 0 Å². The van der Waals surface area contributed by atoms with E-state index < -0.39 is 0 Å². The summed E-state index contributed by atoms with van der Waals surface area (Å²) in [4.78, 5) is 11.0. The van der Waals surface area contributed by atoms with E-state index in [1.165, 1.54) is 12.4 Å². The van der Waals surface area contributed by atoms with Gasteiger partial charge in [0.2, 0.25) is 0 Å². The molecule has 9 heteroatoms. The Morgan fingerprint density at radius 2 is 2.13 bits per heavy atom. The van der Waals surface area contributed by atoms with Crippen LogP contribution in [-0.2, 0) is 4.74 Å². The molecule has 31 heavy (non-hydrogen) atoms. The van der Waals surface area contributed by atoms with Gasteiger partial charge in [0.1, 0.15) is 30.7 Å². The van der Waals surface area contributed by atoms with E-state index in [4.69, 9.17) is 14.2 Å². The van der Waals surface area contributed by atoms with Crippen LogP contribution in [-0.4, -0.2) is 60.9 Å². The van der Waals surface area contributed by atoms with Crippen molar-refractivity contribution in [3.8, 4) is 11.5 Å². The molecule has 4 rings (SSSR count). The molecule has 1 unspecified atom stereocenters. The smallest absolute Gasteiger partial charge is 0.163 e. The summed E-state index contributed by atoms with van der Waals surface area (Å²) in [6, 6.07) is 8.40. The molecule has 3 aromatic rings. The van der Waals surface area contributed by atoms with Gasteiger partial charge in [-0.25, -0.2) is 14.4 Å². The molecule has 2 aromatic carbocycles. The molecule has 1 atom stereocenters. The fourth-order valence-electron chi connectivity index (χ4n) is 3.51. The van der Waals surface area contributed by atoms with Crippen LogP contribution in [0.15, 0.2) is 41.1 Å². The normalized spacial score (nSPS) is 17.0. The SMILES string of the molecule is CCN1CCOC(COc2cc3ncnc(Nc4ccc(Br)cc4F)c3cc2OC)C1. The summed E-state index contributed by atoms with van der Waals surface area (Å²) >= 11 is 3.26. The van der Waals surface area contributed by atoms with Crippen LogP contribution in [0, 0.1) is 5.82 Å². The second-order valence-electron chi connectivity index (χ2n) is 7.19. The molecule has 164 valence electrons. The fourth-order valence-corrected chi connectivity index (χ4v) is 3.84. The fraction of sp³-hybridized carbons (Fsp3) is 0.364. The van der Waals surface area contributed by atoms with Crippen LogP contribution in [0.5, 0.6) is 11.5 Å². The number of hydrogen-bond donors (Lipinski definition) is 1. The second kappa shape index (κ2) is 9.76. The number of halogens is 2. The van der Waals surface area contributed by atoms with Crippen molar-refractivity contribution in [3.63, 3.8) is 0 Å². The lowest BCUT2D eigenvalue weighted by Gasteiger charge is -2.31. The average molecular weight is 491 g/mol. The topological polar surface area (TPSA) is 68.7 Å². The number of hydrogen-bond acceptors (Lipinski definition) is 7. The minimum atomic E-state index is -0.387. The van der Waals surface area contributed by atoms with E-state index in [-0.39, 0.29) is 11.9 Å². The van der Waals surface area contributed by atoms with Crippen LogP contribution in [0.4, 0.5) is 15.9 Å². The van der Waals surface area contributed by atoms with Crippen molar-refractivity contribution in [2.75, 3.05) is 45.3 Å². The number of nitrogens with zero attached hydrogens (tertiary/aromatic N) is 3. The summed E-state index contributed by atoms with van der Waals surface area (Å²) in [5, 5.41) is 3.73. The molecule has 0 spiro atoms. The Morgan fingerprint density at radius 3 is 2.90 bits per heavy atom. The third-order valence-electron chi connectivity index (χ3n) is 5.20. The first-order valence-electron chi connectivity index (χ1n) is 10.1. The summed E-state index contributed by atoms with van der Waals surface area (Å²) in [7, 11) is 1.58. The van der Waals surface area contributed by atoms with Gasteiger partial charge in [0.05, 0.1) is 24.9 Å². The predicted molar refractivity (Wildman–Crippen MR) is 121 cm³/mol. The number of likely N-dealkylation sites (N-methyl/N-ethyl adjacent to an activating group) is 1. The number of ether oxygens (including phenoxy) is 3. The van der Waals surface area contributed by atoms with Gasteiger partial charge in [-0.05, 0) is 30.8 Å². The van der Waals surface area contributed by atoms with Gasteiger partial charge in [-0.15, -0.1) is 0 Å². The number of benzene rings is 2. The Labute approximate surface area is 188 Å². The molecule has 0 saturated carbocycles. The number of anilines is 2. The van der Waals surface area contributed by atoms with E-state index in [9.17, 15) is 4.39 Å². The Balaban J connectivity index is 1.58. The molecule has 1 fully saturated rings. The van der Waals surface area contributed by atoms with Crippen molar-refractivity contribution in [2.45, 2.75) is 13.0 Å². The summed E-state index contributed by atoms with van der Waals surface area (Å²) in [5.41, 5.74) is 0.975. The van der Waals surface area contributed by atoms with Crippen molar-refractivity contribution in [1.29, 1.82) is 0 Å². The zero-order chi connectivity index (χ0) is 21.8. The summed E-state index contributed by atoms with van der Waals surface area (Å²) in [5.74, 6) is 1.21. The third-order valence-corrected chi connectivity index (χ3v) is 5.69. The third kappa shape index (κ3) is 5.06. The van der Waals surface area contributed by atoms with Gasteiger partial charge in [-0.1, -0.05) is 22.9 Å². The Hall–Kier alpha value is -2.49. The highest BCUT2D eigenvalue weighted by Gasteiger charge is 2.21. The van der Waals surface area contributed by atoms with Crippen LogP contribution in [0.3, 0.4) is 0 Å². The summed E-state index contributed by atoms with van der Waals surface area (Å²) < 4.78 is 32.3. The lowest BCUT2D eigenvalue weighted by atomic mass is 10.2. The van der Waals surface area contributed by atoms with Crippen LogP contribution < -0.4 is 14.8 Å². The highest BCUT2D eigenvalue weighted by Crippen LogP contribution is 2.35. The Bertz CT molecular complexity index is 1070. The van der Waals surface area contributed by atoms with Crippen LogP contribution in [0.25, 0.3) is 10.9 Å². The van der Waals surface area contributed by atoms with Crippen LogP contribution in [0.1, 0.15) is 6.92 Å². The number of fused-ring (bicyclic) bond motifs is 1. The number of morpholine rings is 1. The minimum absolute atomic E-state index is 0.00268. The largest absolute Gasteiger partial charge is 0.493 e. The molecule has 1 N–H and O–H groups in total. The van der Waals surface area contributed by atoms with Crippen LogP contribution >= 0.6 is 15.9 Å². The molecule has 1 aliphatic rings. The number of rotatable bonds is 7. The molecule has 0 amide bonds. The predicted octanol–water partition coefficient (Wildman–Crippen LogP) is 4.38. The van der Waals surface area contributed by atoms with Gasteiger partial charge in [-0.2, -0.15) is 0 Å². The van der Waals surface area contributed by atoms with Gasteiger partial charge in [-0.3, -0.25) is 4.90 Å². The molecule has 0 bridgehead atoms. The molecule has 7 nitrogen and oxygen atoms in total. The monoisotopic (exact) mass is 490 g/mol. The van der Waals surface area contributed by atoms with E-state index >= 15 is 0 Å². The first kappa shape index (κ1) is 21.7. The standard InChI is InChI=1S/C22H24BrFN4O3/c1-3-28-6-7-30-15(11-28)12-31-21-10-19-16(9-20(21)29-2)22(26-13-25-19)27-18-5-4-14(23)8-17(18)24/h4-5,8-10,13,15H,3,6-7,11-12H2,1-2H3,(H,25,26,27). The van der Waals surface area contributed by atoms with Gasteiger partial charge in [0, 0.05) is 29.0 Å². The highest BCUT2D eigenvalue weighted by atomic mass is 79.9.